The molecule has 106 valence electrons. The molecule has 1 aromatic carbocycles. The van der Waals surface area contributed by atoms with Crippen LogP contribution in [0.2, 0.25) is 0 Å². The summed E-state index contributed by atoms with van der Waals surface area (Å²) < 4.78 is 15.7. The number of aromatic nitrogens is 3. The van der Waals surface area contributed by atoms with Crippen molar-refractivity contribution in [3.05, 3.63) is 18.2 Å². The molecular weight excluding hydrogens is 260 g/mol. The van der Waals surface area contributed by atoms with E-state index < -0.39 is 0 Å². The number of hydrogen-bond acceptors (Lipinski definition) is 7. The fraction of sp³-hybridized carbons (Fsp3) is 0.308. The van der Waals surface area contributed by atoms with Crippen molar-refractivity contribution in [2.24, 2.45) is 0 Å². The number of hydrogen-bond donors (Lipinski definition) is 1. The van der Waals surface area contributed by atoms with E-state index in [9.17, 15) is 0 Å². The molecule has 7 nitrogen and oxygen atoms in total. The van der Waals surface area contributed by atoms with Crippen molar-refractivity contribution in [3.63, 3.8) is 0 Å². The lowest BCUT2D eigenvalue weighted by atomic mass is 10.1. The zero-order valence-electron chi connectivity index (χ0n) is 11.8. The largest absolute Gasteiger partial charge is 0.493 e. The maximum atomic E-state index is 5.38. The molecule has 0 saturated carbocycles. The van der Waals surface area contributed by atoms with Gasteiger partial charge in [-0.1, -0.05) is 6.07 Å². The van der Waals surface area contributed by atoms with Gasteiger partial charge in [-0.2, -0.15) is 15.0 Å². The van der Waals surface area contributed by atoms with Crippen LogP contribution in [0.25, 0.3) is 11.4 Å². The average Bonchev–Trinajstić information content (AvgIpc) is 2.53. The van der Waals surface area contributed by atoms with E-state index >= 15 is 0 Å². The molecule has 2 aromatic rings. The Labute approximate surface area is 116 Å². The monoisotopic (exact) mass is 276 g/mol. The van der Waals surface area contributed by atoms with Gasteiger partial charge in [-0.25, -0.2) is 0 Å². The molecule has 0 aliphatic carbocycles. The number of benzene rings is 1. The van der Waals surface area contributed by atoms with Gasteiger partial charge < -0.3 is 19.5 Å². The molecule has 0 aliphatic heterocycles. The minimum Gasteiger partial charge on any atom is -0.493 e. The van der Waals surface area contributed by atoms with E-state index in [1.54, 1.807) is 27.3 Å². The predicted molar refractivity (Wildman–Crippen MR) is 74.5 cm³/mol. The minimum atomic E-state index is 0.226. The summed E-state index contributed by atoms with van der Waals surface area (Å²) in [5.41, 5.74) is 0.698. The molecule has 7 heteroatoms. The molecular formula is C13H16N4O3. The van der Waals surface area contributed by atoms with Crippen molar-refractivity contribution >= 4 is 5.95 Å². The van der Waals surface area contributed by atoms with Crippen molar-refractivity contribution in [2.75, 3.05) is 33.7 Å². The predicted octanol–water partition coefficient (Wildman–Crippen LogP) is 1.61. The Hall–Kier alpha value is -2.57. The van der Waals surface area contributed by atoms with Crippen LogP contribution in [0.3, 0.4) is 0 Å². The fourth-order valence-corrected chi connectivity index (χ4v) is 1.74. The Bertz CT molecular complexity index is 582. The Kier molecular flexibility index (Phi) is 4.19. The van der Waals surface area contributed by atoms with Gasteiger partial charge in [-0.15, -0.1) is 0 Å². The SMILES string of the molecule is CNc1nc(OC)nc(-c2cccc(OC)c2OC)n1. The summed E-state index contributed by atoms with van der Waals surface area (Å²) in [6.45, 7) is 0. The number of anilines is 1. The molecule has 0 fully saturated rings. The third-order valence-corrected chi connectivity index (χ3v) is 2.66. The van der Waals surface area contributed by atoms with Gasteiger partial charge in [0.05, 0.1) is 26.9 Å². The van der Waals surface area contributed by atoms with E-state index in [4.69, 9.17) is 14.2 Å². The van der Waals surface area contributed by atoms with Crippen molar-refractivity contribution in [2.45, 2.75) is 0 Å². The van der Waals surface area contributed by atoms with E-state index in [-0.39, 0.29) is 6.01 Å². The molecule has 0 spiro atoms. The summed E-state index contributed by atoms with van der Waals surface area (Å²) in [5.74, 6) is 2.02. The molecule has 0 aliphatic rings. The normalized spacial score (nSPS) is 10.0. The highest BCUT2D eigenvalue weighted by Gasteiger charge is 2.16. The molecule has 0 unspecified atom stereocenters. The first-order valence-corrected chi connectivity index (χ1v) is 5.92. The van der Waals surface area contributed by atoms with Gasteiger partial charge in [-0.05, 0) is 12.1 Å². The van der Waals surface area contributed by atoms with Crippen molar-refractivity contribution in [1.82, 2.24) is 15.0 Å². The summed E-state index contributed by atoms with van der Waals surface area (Å²) in [5, 5.41) is 2.86. The molecule has 2 rings (SSSR count). The van der Waals surface area contributed by atoms with Crippen molar-refractivity contribution < 1.29 is 14.2 Å². The molecule has 20 heavy (non-hydrogen) atoms. The van der Waals surface area contributed by atoms with Gasteiger partial charge in [-0.3, -0.25) is 0 Å². The highest BCUT2D eigenvalue weighted by Crippen LogP contribution is 2.36. The van der Waals surface area contributed by atoms with Gasteiger partial charge in [0.2, 0.25) is 5.95 Å². The first kappa shape index (κ1) is 13.9. The second kappa shape index (κ2) is 6.05. The van der Waals surface area contributed by atoms with E-state index in [0.717, 1.165) is 0 Å². The second-order valence-corrected chi connectivity index (χ2v) is 3.76. The summed E-state index contributed by atoms with van der Waals surface area (Å²) >= 11 is 0. The van der Waals surface area contributed by atoms with Crippen LogP contribution in [-0.4, -0.2) is 43.3 Å². The van der Waals surface area contributed by atoms with E-state index in [1.807, 2.05) is 12.1 Å². The van der Waals surface area contributed by atoms with Crippen LogP contribution >= 0.6 is 0 Å². The van der Waals surface area contributed by atoms with Crippen LogP contribution in [0.15, 0.2) is 18.2 Å². The Morgan fingerprint density at radius 1 is 0.950 bits per heavy atom. The third-order valence-electron chi connectivity index (χ3n) is 2.66. The van der Waals surface area contributed by atoms with Gasteiger partial charge in [0.1, 0.15) is 0 Å². The summed E-state index contributed by atoms with van der Waals surface area (Å²) in [6, 6.07) is 5.71. The van der Waals surface area contributed by atoms with Gasteiger partial charge in [0.25, 0.3) is 0 Å². The molecule has 1 N–H and O–H groups in total. The van der Waals surface area contributed by atoms with Crippen molar-refractivity contribution in [1.29, 1.82) is 0 Å². The Balaban J connectivity index is 2.61. The summed E-state index contributed by atoms with van der Waals surface area (Å²) in [6.07, 6.45) is 0. The lowest BCUT2D eigenvalue weighted by Gasteiger charge is -2.12. The number of para-hydroxylation sites is 1. The maximum absolute atomic E-state index is 5.38. The van der Waals surface area contributed by atoms with E-state index in [0.29, 0.717) is 28.8 Å². The van der Waals surface area contributed by atoms with Crippen molar-refractivity contribution in [3.8, 4) is 28.9 Å². The highest BCUT2D eigenvalue weighted by atomic mass is 16.5. The van der Waals surface area contributed by atoms with Gasteiger partial charge >= 0.3 is 6.01 Å². The third kappa shape index (κ3) is 2.56. The molecule has 1 heterocycles. The zero-order valence-corrected chi connectivity index (χ0v) is 11.8. The van der Waals surface area contributed by atoms with Gasteiger partial charge in [0, 0.05) is 7.05 Å². The highest BCUT2D eigenvalue weighted by molar-refractivity contribution is 5.69. The maximum Gasteiger partial charge on any atom is 0.321 e. The van der Waals surface area contributed by atoms with Crippen LogP contribution in [-0.2, 0) is 0 Å². The van der Waals surface area contributed by atoms with Crippen LogP contribution < -0.4 is 19.5 Å². The molecule has 0 saturated heterocycles. The average molecular weight is 276 g/mol. The lowest BCUT2D eigenvalue weighted by Crippen LogP contribution is -2.04. The minimum absolute atomic E-state index is 0.226. The number of nitrogens with zero attached hydrogens (tertiary/aromatic N) is 3. The quantitative estimate of drug-likeness (QED) is 0.888. The number of rotatable bonds is 5. The molecule has 0 radical (unpaired) electrons. The van der Waals surface area contributed by atoms with Gasteiger partial charge in [0.15, 0.2) is 17.3 Å². The lowest BCUT2D eigenvalue weighted by molar-refractivity contribution is 0.355. The van der Waals surface area contributed by atoms with E-state index in [1.165, 1.54) is 7.11 Å². The number of ether oxygens (including phenoxy) is 3. The zero-order chi connectivity index (χ0) is 14.5. The second-order valence-electron chi connectivity index (χ2n) is 3.76. The first-order chi connectivity index (χ1) is 9.73. The number of methoxy groups -OCH3 is 3. The van der Waals surface area contributed by atoms with Crippen LogP contribution in [0.5, 0.6) is 17.5 Å². The number of nitrogens with one attached hydrogen (secondary N) is 1. The van der Waals surface area contributed by atoms with Crippen LogP contribution in [0, 0.1) is 0 Å². The fourth-order valence-electron chi connectivity index (χ4n) is 1.74. The molecule has 0 amide bonds. The topological polar surface area (TPSA) is 78.4 Å². The standard InChI is InChI=1S/C13H16N4O3/c1-14-12-15-11(16-13(17-12)20-4)8-6-5-7-9(18-2)10(8)19-3/h5-7H,1-4H3,(H,14,15,16,17). The Morgan fingerprint density at radius 3 is 2.35 bits per heavy atom. The molecule has 1 aromatic heterocycles. The van der Waals surface area contributed by atoms with E-state index in [2.05, 4.69) is 20.3 Å². The smallest absolute Gasteiger partial charge is 0.321 e. The molecule has 0 atom stereocenters. The summed E-state index contributed by atoms with van der Waals surface area (Å²) in [7, 11) is 6.37. The first-order valence-electron chi connectivity index (χ1n) is 5.92. The Morgan fingerprint density at radius 2 is 1.75 bits per heavy atom. The van der Waals surface area contributed by atoms with Crippen LogP contribution in [0.4, 0.5) is 5.95 Å². The van der Waals surface area contributed by atoms with Crippen LogP contribution in [0.1, 0.15) is 0 Å². The summed E-state index contributed by atoms with van der Waals surface area (Å²) in [4.78, 5) is 12.6. The molecule has 0 bridgehead atoms.